The van der Waals surface area contributed by atoms with Crippen LogP contribution >= 0.6 is 0 Å². The molecule has 0 spiro atoms. The first-order chi connectivity index (χ1) is 8.92. The second-order valence-corrected chi connectivity index (χ2v) is 3.85. The maximum Gasteiger partial charge on any atom is 0.544 e. The number of amides is 1. The zero-order chi connectivity index (χ0) is 15.7. The molecule has 0 aliphatic rings. The zero-order valence-corrected chi connectivity index (χ0v) is 10.3. The SMILES string of the molecule is CC(=O)N(OC(F)(F)F)c1cc(C(F)(F)F)ccc1C. The van der Waals surface area contributed by atoms with E-state index in [1.165, 1.54) is 6.92 Å². The third-order valence-electron chi connectivity index (χ3n) is 2.24. The van der Waals surface area contributed by atoms with E-state index in [9.17, 15) is 31.1 Å². The van der Waals surface area contributed by atoms with E-state index in [0.29, 0.717) is 12.1 Å². The number of benzene rings is 1. The number of hydroxylamine groups is 1. The van der Waals surface area contributed by atoms with Crippen molar-refractivity contribution in [1.82, 2.24) is 0 Å². The van der Waals surface area contributed by atoms with Crippen LogP contribution in [0.1, 0.15) is 18.1 Å². The number of rotatable bonds is 2. The van der Waals surface area contributed by atoms with Gasteiger partial charge in [-0.3, -0.25) is 4.79 Å². The molecule has 0 aromatic heterocycles. The number of hydrogen-bond donors (Lipinski definition) is 0. The predicted molar refractivity (Wildman–Crippen MR) is 56.5 cm³/mol. The average Bonchev–Trinajstić information content (AvgIpc) is 2.23. The molecule has 0 saturated heterocycles. The van der Waals surface area contributed by atoms with Crippen molar-refractivity contribution in [3.63, 3.8) is 0 Å². The molecule has 9 heteroatoms. The van der Waals surface area contributed by atoms with Gasteiger partial charge >= 0.3 is 12.5 Å². The van der Waals surface area contributed by atoms with E-state index in [1.54, 1.807) is 0 Å². The molecule has 1 rings (SSSR count). The number of halogens is 6. The Hall–Kier alpha value is -1.77. The molecule has 1 aromatic carbocycles. The lowest BCUT2D eigenvalue weighted by Gasteiger charge is -2.23. The van der Waals surface area contributed by atoms with E-state index in [1.807, 2.05) is 0 Å². The molecule has 0 saturated carbocycles. The highest BCUT2D eigenvalue weighted by molar-refractivity contribution is 5.90. The molecule has 0 fully saturated rings. The highest BCUT2D eigenvalue weighted by Crippen LogP contribution is 2.34. The number of carbonyl (C=O) groups is 1. The second kappa shape index (κ2) is 5.31. The van der Waals surface area contributed by atoms with Gasteiger partial charge in [-0.1, -0.05) is 6.07 Å². The molecule has 0 aliphatic carbocycles. The normalized spacial score (nSPS) is 12.4. The number of carbonyl (C=O) groups excluding carboxylic acids is 1. The van der Waals surface area contributed by atoms with Gasteiger partial charge in [-0.15, -0.1) is 13.2 Å². The zero-order valence-electron chi connectivity index (χ0n) is 10.3. The van der Waals surface area contributed by atoms with Crippen molar-refractivity contribution in [3.8, 4) is 0 Å². The van der Waals surface area contributed by atoms with Crippen LogP contribution in [0.5, 0.6) is 0 Å². The Morgan fingerprint density at radius 1 is 1.15 bits per heavy atom. The van der Waals surface area contributed by atoms with Crippen molar-refractivity contribution in [1.29, 1.82) is 0 Å². The Balaban J connectivity index is 3.30. The summed E-state index contributed by atoms with van der Waals surface area (Å²) in [5.74, 6) is -1.20. The van der Waals surface area contributed by atoms with Crippen molar-refractivity contribution in [2.75, 3.05) is 5.06 Å². The van der Waals surface area contributed by atoms with Gasteiger partial charge in [0.2, 0.25) is 5.91 Å². The van der Waals surface area contributed by atoms with E-state index >= 15 is 0 Å². The summed E-state index contributed by atoms with van der Waals surface area (Å²) in [4.78, 5) is 14.6. The molecule has 0 heterocycles. The predicted octanol–water partition coefficient (Wildman–Crippen LogP) is 3.82. The molecule has 20 heavy (non-hydrogen) atoms. The lowest BCUT2D eigenvalue weighted by molar-refractivity contribution is -0.327. The van der Waals surface area contributed by atoms with Crippen LogP contribution in [0.25, 0.3) is 0 Å². The fourth-order valence-corrected chi connectivity index (χ4v) is 1.39. The van der Waals surface area contributed by atoms with Crippen LogP contribution in [0.4, 0.5) is 32.0 Å². The number of aryl methyl sites for hydroxylation is 1. The molecule has 0 bridgehead atoms. The van der Waals surface area contributed by atoms with Gasteiger partial charge in [0.25, 0.3) is 0 Å². The van der Waals surface area contributed by atoms with Gasteiger partial charge < -0.3 is 0 Å². The van der Waals surface area contributed by atoms with Crippen LogP contribution in [0.2, 0.25) is 0 Å². The van der Waals surface area contributed by atoms with Crippen LogP contribution in [0.3, 0.4) is 0 Å². The quantitative estimate of drug-likeness (QED) is 0.614. The van der Waals surface area contributed by atoms with E-state index in [4.69, 9.17) is 0 Å². The monoisotopic (exact) mass is 301 g/mol. The van der Waals surface area contributed by atoms with Crippen LogP contribution < -0.4 is 5.06 Å². The fraction of sp³-hybridized carbons (Fsp3) is 0.364. The summed E-state index contributed by atoms with van der Waals surface area (Å²) in [6.07, 6.45) is -9.95. The largest absolute Gasteiger partial charge is 0.544 e. The van der Waals surface area contributed by atoms with Crippen LogP contribution in [0.15, 0.2) is 18.2 Å². The van der Waals surface area contributed by atoms with Crippen molar-refractivity contribution < 1.29 is 36.0 Å². The van der Waals surface area contributed by atoms with Gasteiger partial charge in [0.15, 0.2) is 0 Å². The Bertz CT molecular complexity index is 509. The first kappa shape index (κ1) is 16.3. The van der Waals surface area contributed by atoms with Crippen molar-refractivity contribution in [2.45, 2.75) is 26.4 Å². The first-order valence-electron chi connectivity index (χ1n) is 5.16. The number of hydrogen-bond acceptors (Lipinski definition) is 2. The summed E-state index contributed by atoms with van der Waals surface area (Å²) in [5.41, 5.74) is -1.78. The van der Waals surface area contributed by atoms with Gasteiger partial charge in [-0.25, -0.2) is 0 Å². The molecule has 3 nitrogen and oxygen atoms in total. The molecule has 112 valence electrons. The highest BCUT2D eigenvalue weighted by Gasteiger charge is 2.37. The summed E-state index contributed by atoms with van der Waals surface area (Å²) in [6.45, 7) is 2.00. The Morgan fingerprint density at radius 3 is 2.10 bits per heavy atom. The molecular formula is C11H9F6NO2. The van der Waals surface area contributed by atoms with Gasteiger partial charge in [-0.2, -0.15) is 23.1 Å². The molecule has 0 N–H and O–H groups in total. The Labute approximate surface area is 109 Å². The van der Waals surface area contributed by atoms with Crippen molar-refractivity contribution in [2.24, 2.45) is 0 Å². The number of anilines is 1. The molecular weight excluding hydrogens is 292 g/mol. The fourth-order valence-electron chi connectivity index (χ4n) is 1.39. The van der Waals surface area contributed by atoms with Crippen molar-refractivity contribution >= 4 is 11.6 Å². The lowest BCUT2D eigenvalue weighted by atomic mass is 10.1. The maximum atomic E-state index is 12.5. The lowest BCUT2D eigenvalue weighted by Crippen LogP contribution is -2.35. The highest BCUT2D eigenvalue weighted by atomic mass is 19.4. The van der Waals surface area contributed by atoms with Gasteiger partial charge in [0.1, 0.15) is 0 Å². The standard InChI is InChI=1S/C11H9F6NO2/c1-6-3-4-8(10(12,13)14)5-9(6)18(7(2)19)20-11(15,16)17/h3-5H,1-2H3. The second-order valence-electron chi connectivity index (χ2n) is 3.85. The van der Waals surface area contributed by atoms with Gasteiger partial charge in [0.05, 0.1) is 11.3 Å². The molecule has 0 aliphatic heterocycles. The maximum absolute atomic E-state index is 12.5. The molecule has 1 aromatic rings. The average molecular weight is 301 g/mol. The first-order valence-corrected chi connectivity index (χ1v) is 5.16. The summed E-state index contributed by atoms with van der Waals surface area (Å²) in [5, 5.41) is -0.218. The molecule has 0 atom stereocenters. The smallest absolute Gasteiger partial charge is 0.273 e. The Kier molecular flexibility index (Phi) is 4.33. The molecule has 0 unspecified atom stereocenters. The van der Waals surface area contributed by atoms with Crippen LogP contribution in [0, 0.1) is 6.92 Å². The van der Waals surface area contributed by atoms with E-state index in [2.05, 4.69) is 4.84 Å². The van der Waals surface area contributed by atoms with Gasteiger partial charge in [0, 0.05) is 6.92 Å². The summed E-state index contributed by atoms with van der Waals surface area (Å²) >= 11 is 0. The van der Waals surface area contributed by atoms with Crippen molar-refractivity contribution in [3.05, 3.63) is 29.3 Å². The third-order valence-corrected chi connectivity index (χ3v) is 2.24. The number of alkyl halides is 6. The number of nitrogens with zero attached hydrogens (tertiary/aromatic N) is 1. The molecule has 0 radical (unpaired) electrons. The van der Waals surface area contributed by atoms with E-state index in [0.717, 1.165) is 13.0 Å². The third kappa shape index (κ3) is 4.12. The Morgan fingerprint density at radius 2 is 1.70 bits per heavy atom. The van der Waals surface area contributed by atoms with Crippen LogP contribution in [-0.2, 0) is 15.8 Å². The van der Waals surface area contributed by atoms with Gasteiger partial charge in [-0.05, 0) is 24.6 Å². The van der Waals surface area contributed by atoms with E-state index < -0.39 is 29.7 Å². The topological polar surface area (TPSA) is 29.5 Å². The summed E-state index contributed by atoms with van der Waals surface area (Å²) in [7, 11) is 0. The minimum Gasteiger partial charge on any atom is -0.273 e. The van der Waals surface area contributed by atoms with E-state index in [-0.39, 0.29) is 10.6 Å². The minimum absolute atomic E-state index is 0.0254. The molecule has 1 amide bonds. The summed E-state index contributed by atoms with van der Waals surface area (Å²) < 4.78 is 74.1. The summed E-state index contributed by atoms with van der Waals surface area (Å²) in [6, 6.07) is 2.07. The van der Waals surface area contributed by atoms with Crippen LogP contribution in [-0.4, -0.2) is 12.3 Å². The minimum atomic E-state index is -5.20.